The summed E-state index contributed by atoms with van der Waals surface area (Å²) < 4.78 is 61.4. The van der Waals surface area contributed by atoms with Gasteiger partial charge in [-0.25, -0.2) is 13.1 Å². The van der Waals surface area contributed by atoms with E-state index in [9.17, 15) is 21.6 Å². The van der Waals surface area contributed by atoms with Crippen LogP contribution in [0.3, 0.4) is 0 Å². The zero-order chi connectivity index (χ0) is 13.1. The van der Waals surface area contributed by atoms with Gasteiger partial charge in [-0.3, -0.25) is 0 Å². The molecule has 1 heterocycles. The van der Waals surface area contributed by atoms with Gasteiger partial charge in [0.2, 0.25) is 0 Å². The van der Waals surface area contributed by atoms with Crippen molar-refractivity contribution in [3.05, 3.63) is 15.9 Å². The van der Waals surface area contributed by atoms with Gasteiger partial charge in [0.05, 0.1) is 0 Å². The first kappa shape index (κ1) is 14.9. The molecular weight excluding hydrogens is 343 g/mol. The Morgan fingerprint density at radius 2 is 2.06 bits per heavy atom. The van der Waals surface area contributed by atoms with Crippen LogP contribution in [0.5, 0.6) is 0 Å². The van der Waals surface area contributed by atoms with Gasteiger partial charge in [0.15, 0.2) is 0 Å². The summed E-state index contributed by atoms with van der Waals surface area (Å²) in [4.78, 5) is 0. The van der Waals surface area contributed by atoms with Gasteiger partial charge in [0, 0.05) is 17.4 Å². The molecule has 0 spiro atoms. The predicted molar refractivity (Wildman–Crippen MR) is 62.5 cm³/mol. The molecule has 0 aliphatic carbocycles. The number of rotatable bonds is 5. The molecule has 1 N–H and O–H groups in total. The highest BCUT2D eigenvalue weighted by Crippen LogP contribution is 2.27. The lowest BCUT2D eigenvalue weighted by Crippen LogP contribution is -2.25. The van der Waals surface area contributed by atoms with Crippen LogP contribution in [0.1, 0.15) is 12.8 Å². The molecule has 1 aromatic heterocycles. The molecule has 0 saturated heterocycles. The molecule has 9 heteroatoms. The Bertz CT molecular complexity index is 469. The monoisotopic (exact) mass is 351 g/mol. The van der Waals surface area contributed by atoms with Crippen LogP contribution in [0, 0.1) is 0 Å². The van der Waals surface area contributed by atoms with Crippen molar-refractivity contribution < 1.29 is 21.6 Å². The first-order valence-electron chi connectivity index (χ1n) is 4.52. The summed E-state index contributed by atoms with van der Waals surface area (Å²) in [5, 5.41) is 1.58. The summed E-state index contributed by atoms with van der Waals surface area (Å²) in [6.07, 6.45) is -5.53. The van der Waals surface area contributed by atoms with Crippen LogP contribution in [0.15, 0.2) is 20.1 Å². The average Bonchev–Trinajstić information content (AvgIpc) is 2.58. The molecule has 0 aromatic carbocycles. The third kappa shape index (κ3) is 4.94. The lowest BCUT2D eigenvalue weighted by molar-refractivity contribution is -0.135. The topological polar surface area (TPSA) is 46.2 Å². The fraction of sp³-hybridized carbons (Fsp3) is 0.500. The summed E-state index contributed by atoms with van der Waals surface area (Å²) in [6.45, 7) is -0.230. The molecule has 1 rings (SSSR count). The van der Waals surface area contributed by atoms with Crippen LogP contribution >= 0.6 is 27.3 Å². The minimum absolute atomic E-state index is 0.0736. The van der Waals surface area contributed by atoms with Crippen LogP contribution in [0.25, 0.3) is 0 Å². The number of sulfonamides is 1. The Kier molecular flexibility index (Phi) is 4.99. The van der Waals surface area contributed by atoms with Gasteiger partial charge in [-0.15, -0.1) is 11.3 Å². The maximum absolute atomic E-state index is 11.8. The molecule has 0 unspecified atom stereocenters. The lowest BCUT2D eigenvalue weighted by Gasteiger charge is -2.07. The van der Waals surface area contributed by atoms with Gasteiger partial charge in [-0.1, -0.05) is 0 Å². The smallest absolute Gasteiger partial charge is 0.210 e. The second-order valence-electron chi connectivity index (χ2n) is 3.17. The van der Waals surface area contributed by atoms with E-state index >= 15 is 0 Å². The largest absolute Gasteiger partial charge is 0.389 e. The normalized spacial score (nSPS) is 12.9. The van der Waals surface area contributed by atoms with Crippen LogP contribution in [0.4, 0.5) is 13.2 Å². The van der Waals surface area contributed by atoms with Gasteiger partial charge in [-0.2, -0.15) is 13.2 Å². The van der Waals surface area contributed by atoms with Crippen LogP contribution in [-0.2, 0) is 10.0 Å². The molecule has 0 amide bonds. The van der Waals surface area contributed by atoms with E-state index in [2.05, 4.69) is 20.7 Å². The van der Waals surface area contributed by atoms with E-state index < -0.39 is 22.6 Å². The van der Waals surface area contributed by atoms with Crippen molar-refractivity contribution in [2.24, 2.45) is 0 Å². The van der Waals surface area contributed by atoms with Crippen molar-refractivity contribution >= 4 is 37.3 Å². The summed E-state index contributed by atoms with van der Waals surface area (Å²) in [5.41, 5.74) is 0. The highest BCUT2D eigenvalue weighted by atomic mass is 79.9. The van der Waals surface area contributed by atoms with Gasteiger partial charge in [0.25, 0.3) is 10.0 Å². The Morgan fingerprint density at radius 3 is 2.53 bits per heavy atom. The van der Waals surface area contributed by atoms with E-state index in [0.717, 1.165) is 11.3 Å². The van der Waals surface area contributed by atoms with Gasteiger partial charge in [0.1, 0.15) is 4.21 Å². The summed E-state index contributed by atoms with van der Waals surface area (Å²) in [6, 6.07) is 1.56. The molecule has 0 aliphatic heterocycles. The van der Waals surface area contributed by atoms with Gasteiger partial charge in [-0.05, 0) is 33.8 Å². The molecule has 0 aliphatic rings. The number of halogens is 4. The first-order chi connectivity index (χ1) is 7.72. The summed E-state index contributed by atoms with van der Waals surface area (Å²) in [5.74, 6) is 0. The fourth-order valence-corrected chi connectivity index (χ4v) is 4.49. The summed E-state index contributed by atoms with van der Waals surface area (Å²) >= 11 is 4.05. The van der Waals surface area contributed by atoms with Crippen molar-refractivity contribution in [1.29, 1.82) is 0 Å². The molecule has 98 valence electrons. The van der Waals surface area contributed by atoms with Crippen LogP contribution in [-0.4, -0.2) is 21.1 Å². The van der Waals surface area contributed by atoms with E-state index in [4.69, 9.17) is 0 Å². The Hall–Kier alpha value is -0.120. The molecule has 17 heavy (non-hydrogen) atoms. The second-order valence-corrected chi connectivity index (χ2v) is 6.91. The van der Waals surface area contributed by atoms with E-state index in [-0.39, 0.29) is 17.2 Å². The molecule has 3 nitrogen and oxygen atoms in total. The zero-order valence-corrected chi connectivity index (χ0v) is 11.6. The van der Waals surface area contributed by atoms with Crippen molar-refractivity contribution in [2.75, 3.05) is 6.54 Å². The maximum Gasteiger partial charge on any atom is 0.389 e. The van der Waals surface area contributed by atoms with Crippen molar-refractivity contribution in [3.63, 3.8) is 0 Å². The highest BCUT2D eigenvalue weighted by molar-refractivity contribution is 9.10. The third-order valence-electron chi connectivity index (χ3n) is 1.76. The number of hydrogen-bond donors (Lipinski definition) is 1. The highest BCUT2D eigenvalue weighted by Gasteiger charge is 2.26. The van der Waals surface area contributed by atoms with Crippen LogP contribution in [0.2, 0.25) is 0 Å². The molecule has 0 saturated carbocycles. The number of hydrogen-bond acceptors (Lipinski definition) is 3. The third-order valence-corrected chi connectivity index (χ3v) is 5.89. The van der Waals surface area contributed by atoms with E-state index in [0.29, 0.717) is 4.47 Å². The fourth-order valence-electron chi connectivity index (χ4n) is 1.03. The predicted octanol–water partition coefficient (Wildman–Crippen LogP) is 3.13. The molecule has 1 aromatic rings. The quantitative estimate of drug-likeness (QED) is 0.828. The van der Waals surface area contributed by atoms with Crippen molar-refractivity contribution in [1.82, 2.24) is 4.72 Å². The molecule has 0 radical (unpaired) electrons. The average molecular weight is 352 g/mol. The zero-order valence-electron chi connectivity index (χ0n) is 8.42. The number of thiophene rings is 1. The molecule has 0 fully saturated rings. The Balaban J connectivity index is 2.50. The maximum atomic E-state index is 11.8. The second kappa shape index (κ2) is 5.68. The van der Waals surface area contributed by atoms with Crippen molar-refractivity contribution in [2.45, 2.75) is 23.2 Å². The lowest BCUT2D eigenvalue weighted by atomic mass is 10.3. The van der Waals surface area contributed by atoms with Gasteiger partial charge >= 0.3 is 6.18 Å². The Morgan fingerprint density at radius 1 is 1.41 bits per heavy atom. The SMILES string of the molecule is O=S(=O)(NCCCC(F)(F)F)c1sccc1Br. The van der Waals surface area contributed by atoms with E-state index in [1.165, 1.54) is 0 Å². The number of alkyl halides is 3. The standard InChI is InChI=1S/C8H9BrF3NO2S2/c9-6-2-5-16-7(6)17(14,15)13-4-1-3-8(10,11)12/h2,5,13H,1,3-4H2. The minimum atomic E-state index is -4.26. The van der Waals surface area contributed by atoms with Crippen LogP contribution < -0.4 is 4.72 Å². The minimum Gasteiger partial charge on any atom is -0.210 e. The first-order valence-corrected chi connectivity index (χ1v) is 7.67. The van der Waals surface area contributed by atoms with E-state index in [1.54, 1.807) is 11.4 Å². The number of nitrogens with one attached hydrogen (secondary N) is 1. The molecular formula is C8H9BrF3NO2S2. The summed E-state index contributed by atoms with van der Waals surface area (Å²) in [7, 11) is -3.71. The Labute approximate surface area is 109 Å². The molecule has 0 bridgehead atoms. The van der Waals surface area contributed by atoms with Gasteiger partial charge < -0.3 is 0 Å². The molecule has 0 atom stereocenters. The van der Waals surface area contributed by atoms with E-state index in [1.807, 2.05) is 0 Å². The van der Waals surface area contributed by atoms with Crippen molar-refractivity contribution in [3.8, 4) is 0 Å².